The van der Waals surface area contributed by atoms with Gasteiger partial charge in [0.05, 0.1) is 41.1 Å². The molecule has 14 nitrogen and oxygen atoms in total. The van der Waals surface area contributed by atoms with Gasteiger partial charge >= 0.3 is 5.69 Å². The van der Waals surface area contributed by atoms with E-state index in [1.54, 1.807) is 0 Å². The summed E-state index contributed by atoms with van der Waals surface area (Å²) in [5.74, 6) is -0.973. The van der Waals surface area contributed by atoms with E-state index in [0.717, 1.165) is 23.1 Å². The lowest BCUT2D eigenvalue weighted by Gasteiger charge is -2.28. The van der Waals surface area contributed by atoms with Crippen LogP contribution in [0.25, 0.3) is 6.08 Å². The van der Waals surface area contributed by atoms with Gasteiger partial charge in [0.2, 0.25) is 11.7 Å². The molecule has 0 spiro atoms. The van der Waals surface area contributed by atoms with Gasteiger partial charge in [-0.25, -0.2) is 0 Å². The molecule has 2 aromatic carbocycles. The van der Waals surface area contributed by atoms with Gasteiger partial charge in [-0.3, -0.25) is 39.5 Å². The highest BCUT2D eigenvalue weighted by atomic mass is 32.2. The summed E-state index contributed by atoms with van der Waals surface area (Å²) >= 11 is 0.695. The Bertz CT molecular complexity index is 1360. The van der Waals surface area contributed by atoms with E-state index in [2.05, 4.69) is 0 Å². The number of nitrogens with zero attached hydrogens (tertiary/aromatic N) is 4. The predicted octanol–water partition coefficient (Wildman–Crippen LogP) is 3.20. The molecule has 0 bridgehead atoms. The van der Waals surface area contributed by atoms with E-state index in [0.29, 0.717) is 43.6 Å². The molecule has 2 aliphatic rings. The van der Waals surface area contributed by atoms with E-state index in [1.165, 1.54) is 36.3 Å². The Hall–Kier alpha value is -4.50. The fourth-order valence-electron chi connectivity index (χ4n) is 3.66. The number of morpholine rings is 1. The highest BCUT2D eigenvalue weighted by Gasteiger charge is 2.37. The molecular formula is C23H20N4O10S. The Morgan fingerprint density at radius 3 is 2.42 bits per heavy atom. The van der Waals surface area contributed by atoms with Crippen LogP contribution in [0.5, 0.6) is 17.2 Å². The smallest absolute Gasteiger partial charge is 0.318 e. The highest BCUT2D eigenvalue weighted by molar-refractivity contribution is 8.18. The summed E-state index contributed by atoms with van der Waals surface area (Å²) in [6.45, 7) is 1.20. The first kappa shape index (κ1) is 26.6. The van der Waals surface area contributed by atoms with Gasteiger partial charge in [-0.2, -0.15) is 0 Å². The van der Waals surface area contributed by atoms with Crippen molar-refractivity contribution in [2.24, 2.45) is 0 Å². The second-order valence-corrected chi connectivity index (χ2v) is 8.93. The van der Waals surface area contributed by atoms with Gasteiger partial charge in [-0.05, 0) is 41.6 Å². The van der Waals surface area contributed by atoms with Crippen molar-refractivity contribution in [2.45, 2.75) is 0 Å². The maximum Gasteiger partial charge on any atom is 0.318 e. The van der Waals surface area contributed by atoms with Crippen LogP contribution in [-0.2, 0) is 14.3 Å². The van der Waals surface area contributed by atoms with Crippen LogP contribution in [-0.4, -0.2) is 76.7 Å². The van der Waals surface area contributed by atoms with Crippen molar-refractivity contribution in [1.82, 2.24) is 9.80 Å². The molecule has 0 aliphatic carbocycles. The molecule has 2 aromatic rings. The summed E-state index contributed by atoms with van der Waals surface area (Å²) in [4.78, 5) is 61.1. The molecule has 4 rings (SSSR count). The quantitative estimate of drug-likeness (QED) is 0.271. The third-order valence-corrected chi connectivity index (χ3v) is 6.49. The first-order chi connectivity index (χ1) is 18.2. The van der Waals surface area contributed by atoms with Crippen molar-refractivity contribution in [3.05, 3.63) is 67.1 Å². The number of non-ortho nitro benzene ring substituents is 1. The number of nitro benzene ring substituents is 2. The molecule has 15 heteroatoms. The summed E-state index contributed by atoms with van der Waals surface area (Å²) in [6.07, 6.45) is 1.45. The van der Waals surface area contributed by atoms with Gasteiger partial charge in [0, 0.05) is 19.2 Å². The lowest BCUT2D eigenvalue weighted by atomic mass is 10.1. The second kappa shape index (κ2) is 11.3. The van der Waals surface area contributed by atoms with Crippen LogP contribution in [0, 0.1) is 20.2 Å². The predicted molar refractivity (Wildman–Crippen MR) is 133 cm³/mol. The van der Waals surface area contributed by atoms with E-state index >= 15 is 0 Å². The van der Waals surface area contributed by atoms with E-state index in [-0.39, 0.29) is 34.6 Å². The van der Waals surface area contributed by atoms with E-state index < -0.39 is 32.4 Å². The minimum Gasteiger partial charge on any atom is -0.493 e. The van der Waals surface area contributed by atoms with Crippen LogP contribution in [0.2, 0.25) is 0 Å². The average Bonchev–Trinajstić information content (AvgIpc) is 3.17. The number of methoxy groups -OCH3 is 1. The normalized spacial score (nSPS) is 16.6. The highest BCUT2D eigenvalue weighted by Crippen LogP contribution is 2.39. The van der Waals surface area contributed by atoms with Crippen LogP contribution in [0.15, 0.2) is 41.3 Å². The summed E-state index contributed by atoms with van der Waals surface area (Å²) in [7, 11) is 1.33. The standard InChI is InChI=1S/C23H20N4O10S/c1-35-19-10-14(2-4-18(19)37-17-5-3-15(26(31)32)12-16(17)27(33)34)11-20-22(29)25(23(30)38-20)13-21(28)24-6-8-36-9-7-24/h2-5,10-12H,6-9,13H2,1H3/b20-11+. The fraction of sp³-hybridized carbons (Fsp3) is 0.261. The number of ether oxygens (including phenoxy) is 3. The molecule has 0 saturated carbocycles. The zero-order valence-corrected chi connectivity index (χ0v) is 20.7. The van der Waals surface area contributed by atoms with Gasteiger partial charge in [0.25, 0.3) is 16.8 Å². The first-order valence-electron chi connectivity index (χ1n) is 11.1. The van der Waals surface area contributed by atoms with Crippen LogP contribution < -0.4 is 9.47 Å². The molecule has 0 unspecified atom stereocenters. The molecule has 2 saturated heterocycles. The van der Waals surface area contributed by atoms with E-state index in [9.17, 15) is 34.6 Å². The van der Waals surface area contributed by atoms with E-state index in [4.69, 9.17) is 14.2 Å². The van der Waals surface area contributed by atoms with Crippen molar-refractivity contribution in [1.29, 1.82) is 0 Å². The molecule has 2 heterocycles. The Balaban J connectivity index is 1.52. The number of thioether (sulfide) groups is 1. The average molecular weight is 544 g/mol. The number of amides is 3. The van der Waals surface area contributed by atoms with Crippen LogP contribution in [0.3, 0.4) is 0 Å². The zero-order valence-electron chi connectivity index (χ0n) is 19.9. The fourth-order valence-corrected chi connectivity index (χ4v) is 4.50. The summed E-state index contributed by atoms with van der Waals surface area (Å²) in [6, 6.07) is 7.42. The molecule has 198 valence electrons. The number of carbonyl (C=O) groups excluding carboxylic acids is 3. The lowest BCUT2D eigenvalue weighted by Crippen LogP contribution is -2.46. The third-order valence-electron chi connectivity index (χ3n) is 5.59. The SMILES string of the molecule is COc1cc(/C=C2/SC(=O)N(CC(=O)N3CCOCC3)C2=O)ccc1Oc1ccc([N+](=O)[O-])cc1[N+](=O)[O-]. The van der Waals surface area contributed by atoms with Crippen molar-refractivity contribution >= 4 is 46.3 Å². The summed E-state index contributed by atoms with van der Waals surface area (Å²) in [5, 5.41) is 21.8. The molecular weight excluding hydrogens is 524 g/mol. The molecule has 0 radical (unpaired) electrons. The largest absolute Gasteiger partial charge is 0.493 e. The molecule has 0 aromatic heterocycles. The van der Waals surface area contributed by atoms with Crippen molar-refractivity contribution in [3.63, 3.8) is 0 Å². The first-order valence-corrected chi connectivity index (χ1v) is 11.9. The van der Waals surface area contributed by atoms with Crippen molar-refractivity contribution in [3.8, 4) is 17.2 Å². The minimum atomic E-state index is -0.802. The van der Waals surface area contributed by atoms with Crippen molar-refractivity contribution in [2.75, 3.05) is 40.0 Å². The Morgan fingerprint density at radius 2 is 1.76 bits per heavy atom. The monoisotopic (exact) mass is 544 g/mol. The lowest BCUT2D eigenvalue weighted by molar-refractivity contribution is -0.394. The molecule has 2 fully saturated rings. The number of carbonyl (C=O) groups is 3. The van der Waals surface area contributed by atoms with Crippen molar-refractivity contribution < 1.29 is 38.4 Å². The number of rotatable bonds is 8. The van der Waals surface area contributed by atoms with Crippen LogP contribution in [0.4, 0.5) is 16.2 Å². The van der Waals surface area contributed by atoms with Crippen LogP contribution >= 0.6 is 11.8 Å². The summed E-state index contributed by atoms with van der Waals surface area (Å²) < 4.78 is 16.1. The molecule has 3 amide bonds. The molecule has 0 atom stereocenters. The Morgan fingerprint density at radius 1 is 1.05 bits per heavy atom. The van der Waals surface area contributed by atoms with E-state index in [1.807, 2.05) is 0 Å². The molecule has 38 heavy (non-hydrogen) atoms. The van der Waals surface area contributed by atoms with Gasteiger partial charge < -0.3 is 19.1 Å². The maximum atomic E-state index is 12.8. The number of hydrogen-bond acceptors (Lipinski definition) is 11. The van der Waals surface area contributed by atoms with Gasteiger partial charge in [0.15, 0.2) is 11.5 Å². The Kier molecular flexibility index (Phi) is 7.87. The Labute approximate surface area is 219 Å². The number of benzene rings is 2. The van der Waals surface area contributed by atoms with Gasteiger partial charge in [-0.15, -0.1) is 0 Å². The number of nitro groups is 2. The van der Waals surface area contributed by atoms with Crippen LogP contribution in [0.1, 0.15) is 5.56 Å². The maximum absolute atomic E-state index is 12.8. The molecule has 2 aliphatic heterocycles. The second-order valence-electron chi connectivity index (χ2n) is 7.94. The number of hydrogen-bond donors (Lipinski definition) is 0. The third kappa shape index (κ3) is 5.73. The molecule has 0 N–H and O–H groups in total. The topological polar surface area (TPSA) is 172 Å². The minimum absolute atomic E-state index is 0.0748. The van der Waals surface area contributed by atoms with Gasteiger partial charge in [0.1, 0.15) is 6.54 Å². The number of imide groups is 1. The van der Waals surface area contributed by atoms with Gasteiger partial charge in [-0.1, -0.05) is 6.07 Å². The zero-order chi connectivity index (χ0) is 27.4. The summed E-state index contributed by atoms with van der Waals surface area (Å²) in [5.41, 5.74) is -0.616.